The van der Waals surface area contributed by atoms with Gasteiger partial charge in [-0.3, -0.25) is 9.59 Å². The Labute approximate surface area is 147 Å². The summed E-state index contributed by atoms with van der Waals surface area (Å²) in [6.07, 6.45) is 0.0358. The smallest absolute Gasteiger partial charge is 0.230 e. The zero-order valence-electron chi connectivity index (χ0n) is 13.9. The van der Waals surface area contributed by atoms with Crippen molar-refractivity contribution in [3.63, 3.8) is 0 Å². The van der Waals surface area contributed by atoms with E-state index in [1.165, 1.54) is 12.1 Å². The van der Waals surface area contributed by atoms with Crippen LogP contribution >= 0.6 is 0 Å². The molecule has 1 atom stereocenters. The van der Waals surface area contributed by atoms with E-state index < -0.39 is 11.7 Å². The topological polar surface area (TPSA) is 88.3 Å². The van der Waals surface area contributed by atoms with E-state index >= 15 is 0 Å². The van der Waals surface area contributed by atoms with Crippen molar-refractivity contribution in [2.45, 2.75) is 18.9 Å². The van der Waals surface area contributed by atoms with Crippen molar-refractivity contribution in [2.75, 3.05) is 12.4 Å². The Kier molecular flexibility index (Phi) is 3.87. The Morgan fingerprint density at radius 2 is 2.08 bits per heavy atom. The van der Waals surface area contributed by atoms with Gasteiger partial charge in [0.05, 0.1) is 5.92 Å². The zero-order valence-corrected chi connectivity index (χ0v) is 13.9. The average Bonchev–Trinajstić information content (AvgIpc) is 3.07. The summed E-state index contributed by atoms with van der Waals surface area (Å²) in [5, 5.41) is 10.2. The Balaban J connectivity index is 1.57. The normalized spacial score (nSPS) is 16.2. The predicted octanol–water partition coefficient (Wildman–Crippen LogP) is 2.45. The highest BCUT2D eigenvalue weighted by molar-refractivity contribution is 6.01. The maximum atomic E-state index is 13.4. The van der Waals surface area contributed by atoms with Gasteiger partial charge >= 0.3 is 0 Å². The third kappa shape index (κ3) is 2.90. The van der Waals surface area contributed by atoms with Crippen molar-refractivity contribution in [1.29, 1.82) is 0 Å². The van der Waals surface area contributed by atoms with Crippen molar-refractivity contribution < 1.29 is 18.6 Å². The van der Waals surface area contributed by atoms with Gasteiger partial charge in [-0.1, -0.05) is 12.1 Å². The van der Waals surface area contributed by atoms with Gasteiger partial charge in [0.25, 0.3) is 0 Å². The molecule has 0 bridgehead atoms. The van der Waals surface area contributed by atoms with Crippen LogP contribution in [0.15, 0.2) is 41.0 Å². The lowest BCUT2D eigenvalue weighted by Gasteiger charge is -2.28. The monoisotopic (exact) mass is 354 g/mol. The number of rotatable bonds is 3. The molecule has 4 rings (SSSR count). The number of hydrogen-bond acceptors (Lipinski definition) is 5. The lowest BCUT2D eigenvalue weighted by atomic mass is 9.89. The van der Waals surface area contributed by atoms with Gasteiger partial charge in [-0.25, -0.2) is 9.02 Å². The first-order chi connectivity index (χ1) is 12.5. The molecule has 2 heterocycles. The number of carbonyl (C=O) groups excluding carboxylic acids is 2. The minimum atomic E-state index is -0.637. The van der Waals surface area contributed by atoms with E-state index in [1.54, 1.807) is 30.1 Å². The molecule has 26 heavy (non-hydrogen) atoms. The second-order valence-electron chi connectivity index (χ2n) is 6.32. The van der Waals surface area contributed by atoms with Gasteiger partial charge < -0.3 is 10.2 Å². The van der Waals surface area contributed by atoms with Crippen LogP contribution in [-0.4, -0.2) is 34.1 Å². The fourth-order valence-corrected chi connectivity index (χ4v) is 3.20. The van der Waals surface area contributed by atoms with Gasteiger partial charge in [0.2, 0.25) is 11.8 Å². The molecule has 0 saturated carbocycles. The predicted molar refractivity (Wildman–Crippen MR) is 90.7 cm³/mol. The average molecular weight is 354 g/mol. The molecule has 1 aromatic heterocycles. The SMILES string of the molecule is CN(Cc1ccc2nonc2c1)C(=O)C1CC(=O)Nc2cc(F)ccc21. The molecule has 1 N–H and O–H groups in total. The molecule has 2 amide bonds. The number of nitrogens with zero attached hydrogens (tertiary/aromatic N) is 3. The van der Waals surface area contributed by atoms with Crippen LogP contribution in [0.1, 0.15) is 23.5 Å². The number of aromatic nitrogens is 2. The minimum Gasteiger partial charge on any atom is -0.341 e. The summed E-state index contributed by atoms with van der Waals surface area (Å²) < 4.78 is 18.1. The number of anilines is 1. The number of hydrogen-bond donors (Lipinski definition) is 1. The summed E-state index contributed by atoms with van der Waals surface area (Å²) >= 11 is 0. The van der Waals surface area contributed by atoms with Crippen molar-refractivity contribution in [1.82, 2.24) is 15.2 Å². The molecule has 1 aliphatic rings. The molecule has 1 unspecified atom stereocenters. The number of amides is 2. The summed E-state index contributed by atoms with van der Waals surface area (Å²) in [5.74, 6) is -1.60. The number of carbonyl (C=O) groups is 2. The van der Waals surface area contributed by atoms with E-state index in [0.29, 0.717) is 28.8 Å². The standard InChI is InChI=1S/C18H15FN4O3/c1-23(9-10-2-5-14-16(6-10)22-26-21-14)18(25)13-8-17(24)20-15-7-11(19)3-4-12(13)15/h2-7,13H,8-9H2,1H3,(H,20,24). The number of fused-ring (bicyclic) bond motifs is 2. The molecular formula is C18H15FN4O3. The lowest BCUT2D eigenvalue weighted by Crippen LogP contribution is -2.36. The van der Waals surface area contributed by atoms with Crippen LogP contribution in [0.25, 0.3) is 11.0 Å². The van der Waals surface area contributed by atoms with Gasteiger partial charge in [0.1, 0.15) is 16.9 Å². The summed E-state index contributed by atoms with van der Waals surface area (Å²) in [6.45, 7) is 0.344. The van der Waals surface area contributed by atoms with Crippen LogP contribution in [0.3, 0.4) is 0 Å². The van der Waals surface area contributed by atoms with Crippen molar-refractivity contribution >= 4 is 28.5 Å². The Morgan fingerprint density at radius 3 is 2.92 bits per heavy atom. The van der Waals surface area contributed by atoms with E-state index in [0.717, 1.165) is 5.56 Å². The van der Waals surface area contributed by atoms with Crippen LogP contribution in [0.4, 0.5) is 10.1 Å². The first-order valence-corrected chi connectivity index (χ1v) is 8.07. The van der Waals surface area contributed by atoms with E-state index in [4.69, 9.17) is 0 Å². The van der Waals surface area contributed by atoms with Gasteiger partial charge in [-0.15, -0.1) is 0 Å². The van der Waals surface area contributed by atoms with Crippen LogP contribution < -0.4 is 5.32 Å². The molecule has 1 aliphatic heterocycles. The first-order valence-electron chi connectivity index (χ1n) is 8.07. The summed E-state index contributed by atoms with van der Waals surface area (Å²) in [5.41, 5.74) is 3.09. The molecule has 0 aliphatic carbocycles. The van der Waals surface area contributed by atoms with Gasteiger partial charge in [0.15, 0.2) is 0 Å². The van der Waals surface area contributed by atoms with Gasteiger partial charge in [-0.2, -0.15) is 0 Å². The highest BCUT2D eigenvalue weighted by Gasteiger charge is 2.32. The van der Waals surface area contributed by atoms with E-state index in [2.05, 4.69) is 20.3 Å². The van der Waals surface area contributed by atoms with E-state index in [-0.39, 0.29) is 18.2 Å². The van der Waals surface area contributed by atoms with Crippen LogP contribution in [0.2, 0.25) is 0 Å². The summed E-state index contributed by atoms with van der Waals surface area (Å²) in [4.78, 5) is 26.4. The fourth-order valence-electron chi connectivity index (χ4n) is 3.20. The molecule has 3 aromatic rings. The third-order valence-corrected chi connectivity index (χ3v) is 4.47. The molecule has 0 radical (unpaired) electrons. The Hall–Kier alpha value is -3.29. The van der Waals surface area contributed by atoms with E-state index in [1.807, 2.05) is 6.07 Å². The number of likely N-dealkylation sites (N-methyl/N-ethyl adjacent to an activating group) is 1. The number of halogens is 1. The van der Waals surface area contributed by atoms with Gasteiger partial charge in [-0.05, 0) is 45.7 Å². The minimum absolute atomic E-state index is 0.0358. The van der Waals surface area contributed by atoms with Crippen molar-refractivity contribution in [3.8, 4) is 0 Å². The van der Waals surface area contributed by atoms with Gasteiger partial charge in [0, 0.05) is 25.7 Å². The van der Waals surface area contributed by atoms with Crippen LogP contribution in [0, 0.1) is 5.82 Å². The highest BCUT2D eigenvalue weighted by atomic mass is 19.1. The Morgan fingerprint density at radius 1 is 1.27 bits per heavy atom. The second-order valence-corrected chi connectivity index (χ2v) is 6.32. The maximum Gasteiger partial charge on any atom is 0.230 e. The summed E-state index contributed by atoms with van der Waals surface area (Å²) in [6, 6.07) is 9.49. The molecule has 2 aromatic carbocycles. The van der Waals surface area contributed by atoms with Crippen molar-refractivity contribution in [2.24, 2.45) is 0 Å². The maximum absolute atomic E-state index is 13.4. The quantitative estimate of drug-likeness (QED) is 0.780. The number of nitrogens with one attached hydrogen (secondary N) is 1. The molecule has 0 fully saturated rings. The molecule has 0 saturated heterocycles. The highest BCUT2D eigenvalue weighted by Crippen LogP contribution is 2.34. The third-order valence-electron chi connectivity index (χ3n) is 4.47. The van der Waals surface area contributed by atoms with Crippen molar-refractivity contribution in [3.05, 3.63) is 53.3 Å². The molecule has 8 heteroatoms. The second kappa shape index (κ2) is 6.21. The van der Waals surface area contributed by atoms with E-state index in [9.17, 15) is 14.0 Å². The molecular weight excluding hydrogens is 339 g/mol. The summed E-state index contributed by atoms with van der Waals surface area (Å²) in [7, 11) is 1.67. The first kappa shape index (κ1) is 16.2. The largest absolute Gasteiger partial charge is 0.341 e. The Bertz CT molecular complexity index is 1020. The zero-order chi connectivity index (χ0) is 18.3. The molecule has 0 spiro atoms. The molecule has 7 nitrogen and oxygen atoms in total. The van der Waals surface area contributed by atoms with Crippen LogP contribution in [-0.2, 0) is 16.1 Å². The molecule has 132 valence electrons. The fraction of sp³-hybridized carbons (Fsp3) is 0.222. The number of benzene rings is 2. The van der Waals surface area contributed by atoms with Crippen LogP contribution in [0.5, 0.6) is 0 Å². The lowest BCUT2D eigenvalue weighted by molar-refractivity contribution is -0.134.